The summed E-state index contributed by atoms with van der Waals surface area (Å²) in [4.78, 5) is 12.7. The summed E-state index contributed by atoms with van der Waals surface area (Å²) in [5, 5.41) is 2.87. The molecule has 0 heterocycles. The number of ether oxygens (including phenoxy) is 2. The van der Waals surface area contributed by atoms with Gasteiger partial charge in [0.2, 0.25) is 10.0 Å². The molecule has 2 aromatic carbocycles. The highest BCUT2D eigenvalue weighted by Gasteiger charge is 2.18. The normalized spacial score (nSPS) is 11.3. The fourth-order valence-electron chi connectivity index (χ4n) is 2.84. The third kappa shape index (κ3) is 5.63. The number of nitrogens with one attached hydrogen (secondary N) is 1. The monoisotopic (exact) mass is 420 g/mol. The Hall–Kier alpha value is -2.74. The molecule has 2 aromatic rings. The average molecular weight is 421 g/mol. The van der Waals surface area contributed by atoms with Crippen molar-refractivity contribution in [2.45, 2.75) is 33.4 Å². The van der Waals surface area contributed by atoms with Crippen LogP contribution < -0.4 is 19.1 Å². The van der Waals surface area contributed by atoms with Gasteiger partial charge in [-0.1, -0.05) is 12.1 Å². The molecule has 0 spiro atoms. The number of carbonyl (C=O) groups is 1. The first-order valence-electron chi connectivity index (χ1n) is 9.20. The van der Waals surface area contributed by atoms with Gasteiger partial charge in [0.05, 0.1) is 25.2 Å². The number of methoxy groups -OCH3 is 1. The van der Waals surface area contributed by atoms with Crippen LogP contribution in [0, 0.1) is 6.92 Å². The lowest BCUT2D eigenvalue weighted by molar-refractivity contribution is 0.0950. The molecule has 0 fully saturated rings. The highest BCUT2D eigenvalue weighted by atomic mass is 32.2. The highest BCUT2D eigenvalue weighted by Crippen LogP contribution is 2.29. The van der Waals surface area contributed by atoms with Gasteiger partial charge in [0, 0.05) is 19.2 Å². The van der Waals surface area contributed by atoms with Gasteiger partial charge >= 0.3 is 0 Å². The van der Waals surface area contributed by atoms with Crippen LogP contribution >= 0.6 is 0 Å². The number of nitrogens with zero attached hydrogens (tertiary/aromatic N) is 1. The standard InChI is InChI=1S/C21H28N2O5S/c1-14(2)28-19-11-10-16(12-20(19)27-5)13-22-21(24)17-8-7-9-18(15(17)3)23(4)29(6,25)26/h7-12,14H,13H2,1-6H3,(H,22,24). The minimum atomic E-state index is -3.42. The van der Waals surface area contributed by atoms with Gasteiger partial charge in [0.25, 0.3) is 5.91 Å². The van der Waals surface area contributed by atoms with Crippen LogP contribution in [-0.4, -0.2) is 40.8 Å². The van der Waals surface area contributed by atoms with Gasteiger partial charge in [-0.15, -0.1) is 0 Å². The number of sulfonamides is 1. The highest BCUT2D eigenvalue weighted by molar-refractivity contribution is 7.92. The van der Waals surface area contributed by atoms with E-state index in [1.54, 1.807) is 32.2 Å². The van der Waals surface area contributed by atoms with E-state index in [0.717, 1.165) is 16.1 Å². The van der Waals surface area contributed by atoms with E-state index < -0.39 is 10.0 Å². The second-order valence-corrected chi connectivity index (χ2v) is 9.03. The average Bonchev–Trinajstić information content (AvgIpc) is 2.65. The van der Waals surface area contributed by atoms with Crippen molar-refractivity contribution in [2.24, 2.45) is 0 Å². The molecule has 0 unspecified atom stereocenters. The van der Waals surface area contributed by atoms with E-state index in [9.17, 15) is 13.2 Å². The molecule has 0 aliphatic carbocycles. The van der Waals surface area contributed by atoms with Gasteiger partial charge in [0.15, 0.2) is 11.5 Å². The van der Waals surface area contributed by atoms with Crippen LogP contribution in [0.1, 0.15) is 35.3 Å². The molecule has 1 N–H and O–H groups in total. The van der Waals surface area contributed by atoms with Gasteiger partial charge in [-0.2, -0.15) is 0 Å². The van der Waals surface area contributed by atoms with E-state index in [1.165, 1.54) is 7.05 Å². The lowest BCUT2D eigenvalue weighted by atomic mass is 10.1. The minimum Gasteiger partial charge on any atom is -0.493 e. The number of rotatable bonds is 8. The van der Waals surface area contributed by atoms with Crippen molar-refractivity contribution in [1.29, 1.82) is 0 Å². The lowest BCUT2D eigenvalue weighted by Gasteiger charge is -2.20. The van der Waals surface area contributed by atoms with Gasteiger partial charge in [-0.25, -0.2) is 8.42 Å². The molecule has 0 radical (unpaired) electrons. The summed E-state index contributed by atoms with van der Waals surface area (Å²) in [5.41, 5.74) is 2.34. The molecular weight excluding hydrogens is 392 g/mol. The van der Waals surface area contributed by atoms with Crippen LogP contribution in [0.5, 0.6) is 11.5 Å². The molecule has 8 heteroatoms. The Balaban J connectivity index is 2.18. The summed E-state index contributed by atoms with van der Waals surface area (Å²) in [6.45, 7) is 5.90. The van der Waals surface area contributed by atoms with Crippen molar-refractivity contribution in [3.8, 4) is 11.5 Å². The quantitative estimate of drug-likeness (QED) is 0.709. The van der Waals surface area contributed by atoms with Gasteiger partial charge in [0.1, 0.15) is 0 Å². The van der Waals surface area contributed by atoms with Crippen LogP contribution in [-0.2, 0) is 16.6 Å². The number of hydrogen-bond donors (Lipinski definition) is 1. The van der Waals surface area contributed by atoms with Crippen molar-refractivity contribution in [2.75, 3.05) is 24.7 Å². The van der Waals surface area contributed by atoms with E-state index >= 15 is 0 Å². The summed E-state index contributed by atoms with van der Waals surface area (Å²) in [7, 11) is -0.389. The van der Waals surface area contributed by atoms with Crippen molar-refractivity contribution in [1.82, 2.24) is 5.32 Å². The molecule has 0 atom stereocenters. The Morgan fingerprint density at radius 2 is 1.86 bits per heavy atom. The van der Waals surface area contributed by atoms with E-state index in [4.69, 9.17) is 9.47 Å². The smallest absolute Gasteiger partial charge is 0.251 e. The Morgan fingerprint density at radius 1 is 1.17 bits per heavy atom. The molecule has 0 aliphatic heterocycles. The maximum Gasteiger partial charge on any atom is 0.251 e. The van der Waals surface area contributed by atoms with Crippen LogP contribution in [0.15, 0.2) is 36.4 Å². The zero-order valence-corrected chi connectivity index (χ0v) is 18.5. The molecule has 7 nitrogen and oxygen atoms in total. The first-order valence-corrected chi connectivity index (χ1v) is 11.0. The number of benzene rings is 2. The van der Waals surface area contributed by atoms with Crippen LogP contribution in [0.3, 0.4) is 0 Å². The largest absolute Gasteiger partial charge is 0.493 e. The Kier molecular flexibility index (Phi) is 7.13. The molecule has 2 rings (SSSR count). The summed E-state index contributed by atoms with van der Waals surface area (Å²) in [6, 6.07) is 10.5. The van der Waals surface area contributed by atoms with E-state index in [0.29, 0.717) is 34.9 Å². The molecule has 0 aliphatic rings. The van der Waals surface area contributed by atoms with Gasteiger partial charge in [-0.3, -0.25) is 9.10 Å². The maximum absolute atomic E-state index is 12.7. The molecule has 0 bridgehead atoms. The number of anilines is 1. The third-order valence-electron chi connectivity index (χ3n) is 4.43. The van der Waals surface area contributed by atoms with Gasteiger partial charge in [-0.05, 0) is 56.2 Å². The molecule has 29 heavy (non-hydrogen) atoms. The minimum absolute atomic E-state index is 0.0229. The predicted molar refractivity (Wildman–Crippen MR) is 114 cm³/mol. The van der Waals surface area contributed by atoms with E-state index in [1.807, 2.05) is 32.0 Å². The summed E-state index contributed by atoms with van der Waals surface area (Å²) in [5.74, 6) is 0.955. The van der Waals surface area contributed by atoms with Crippen LogP contribution in [0.4, 0.5) is 5.69 Å². The number of amides is 1. The fourth-order valence-corrected chi connectivity index (χ4v) is 3.40. The molecular formula is C21H28N2O5S. The van der Waals surface area contributed by atoms with E-state index in [-0.39, 0.29) is 12.0 Å². The summed E-state index contributed by atoms with van der Waals surface area (Å²) < 4.78 is 35.9. The SMILES string of the molecule is COc1cc(CNC(=O)c2cccc(N(C)S(C)(=O)=O)c2C)ccc1OC(C)C. The zero-order valence-electron chi connectivity index (χ0n) is 17.6. The number of hydrogen-bond acceptors (Lipinski definition) is 5. The summed E-state index contributed by atoms with van der Waals surface area (Å²) in [6.07, 6.45) is 1.15. The maximum atomic E-state index is 12.7. The molecule has 0 aromatic heterocycles. The first kappa shape index (κ1) is 22.5. The first-order chi connectivity index (χ1) is 13.5. The van der Waals surface area contributed by atoms with Gasteiger partial charge < -0.3 is 14.8 Å². The van der Waals surface area contributed by atoms with Crippen molar-refractivity contribution in [3.63, 3.8) is 0 Å². The van der Waals surface area contributed by atoms with E-state index in [2.05, 4.69) is 5.32 Å². The van der Waals surface area contributed by atoms with Crippen LogP contribution in [0.2, 0.25) is 0 Å². The zero-order chi connectivity index (χ0) is 21.8. The van der Waals surface area contributed by atoms with Crippen molar-refractivity contribution >= 4 is 21.6 Å². The Bertz CT molecular complexity index is 987. The molecule has 158 valence electrons. The Labute approximate surface area is 172 Å². The Morgan fingerprint density at radius 3 is 2.45 bits per heavy atom. The third-order valence-corrected chi connectivity index (χ3v) is 5.62. The lowest BCUT2D eigenvalue weighted by Crippen LogP contribution is -2.28. The predicted octanol–water partition coefficient (Wildman–Crippen LogP) is 3.12. The fraction of sp³-hybridized carbons (Fsp3) is 0.381. The molecule has 0 saturated carbocycles. The number of carbonyl (C=O) groups excluding carboxylic acids is 1. The molecule has 0 saturated heterocycles. The van der Waals surface area contributed by atoms with Crippen LogP contribution in [0.25, 0.3) is 0 Å². The topological polar surface area (TPSA) is 84.9 Å². The second kappa shape index (κ2) is 9.17. The van der Waals surface area contributed by atoms with Crippen molar-refractivity contribution in [3.05, 3.63) is 53.1 Å². The van der Waals surface area contributed by atoms with Crippen molar-refractivity contribution < 1.29 is 22.7 Å². The second-order valence-electron chi connectivity index (χ2n) is 7.01. The summed E-state index contributed by atoms with van der Waals surface area (Å²) >= 11 is 0. The molecule has 1 amide bonds.